The highest BCUT2D eigenvalue weighted by molar-refractivity contribution is 7.89. The number of benzene rings is 2. The number of hydrogen-bond donors (Lipinski definition) is 1. The van der Waals surface area contributed by atoms with E-state index >= 15 is 0 Å². The molecule has 3 aliphatic rings. The Kier molecular flexibility index (Phi) is 6.27. The summed E-state index contributed by atoms with van der Waals surface area (Å²) >= 11 is 0. The molecule has 2 aromatic rings. The molecule has 33 heavy (non-hydrogen) atoms. The van der Waals surface area contributed by atoms with Gasteiger partial charge in [-0.15, -0.1) is 0 Å². The number of hydrogen-bond acceptors (Lipinski definition) is 6. The number of carbonyl (C=O) groups excluding carboxylic acids is 1. The number of fused-ring (bicyclic) bond motifs is 2. The van der Waals surface area contributed by atoms with Crippen LogP contribution in [-0.2, 0) is 27.7 Å². The first kappa shape index (κ1) is 22.2. The zero-order valence-corrected chi connectivity index (χ0v) is 19.4. The molecule has 1 saturated heterocycles. The Bertz CT molecular complexity index is 1130. The molecule has 2 aromatic carbocycles. The maximum absolute atomic E-state index is 13.1. The monoisotopic (exact) mass is 471 g/mol. The topological polar surface area (TPSA) is 88.2 Å². The second-order valence-electron chi connectivity index (χ2n) is 8.77. The first-order valence-corrected chi connectivity index (χ1v) is 12.9. The average Bonchev–Trinajstić information content (AvgIpc) is 3.31. The molecule has 2 heterocycles. The smallest absolute Gasteiger partial charge is 0.243 e. The lowest BCUT2D eigenvalue weighted by atomic mass is 10.1. The number of amides is 1. The number of rotatable bonds is 6. The second-order valence-corrected chi connectivity index (χ2v) is 10.7. The fraction of sp³-hybridized carbons (Fsp3) is 0.458. The van der Waals surface area contributed by atoms with Crippen molar-refractivity contribution in [1.82, 2.24) is 14.5 Å². The van der Waals surface area contributed by atoms with E-state index in [-0.39, 0.29) is 18.6 Å². The molecule has 1 N–H and O–H groups in total. The Morgan fingerprint density at radius 1 is 1.00 bits per heavy atom. The Hall–Kier alpha value is -2.62. The molecule has 2 aliphatic heterocycles. The summed E-state index contributed by atoms with van der Waals surface area (Å²) in [6.45, 7) is 2.78. The summed E-state index contributed by atoms with van der Waals surface area (Å²) in [4.78, 5) is 14.8. The number of ether oxygens (including phenoxy) is 2. The summed E-state index contributed by atoms with van der Waals surface area (Å²) < 4.78 is 39.2. The highest BCUT2D eigenvalue weighted by Crippen LogP contribution is 2.30. The number of para-hydroxylation sites is 2. The van der Waals surface area contributed by atoms with Crippen LogP contribution in [0.4, 0.5) is 0 Å². The second kappa shape index (κ2) is 9.32. The first-order valence-electron chi connectivity index (χ1n) is 11.5. The minimum Gasteiger partial charge on any atom is -0.486 e. The van der Waals surface area contributed by atoms with Gasteiger partial charge in [0.1, 0.15) is 12.7 Å². The van der Waals surface area contributed by atoms with Gasteiger partial charge in [-0.05, 0) is 54.7 Å². The van der Waals surface area contributed by atoms with Crippen LogP contribution in [0.3, 0.4) is 0 Å². The van der Waals surface area contributed by atoms with Gasteiger partial charge in [0.2, 0.25) is 15.9 Å². The van der Waals surface area contributed by atoms with Gasteiger partial charge < -0.3 is 14.8 Å². The van der Waals surface area contributed by atoms with Crippen molar-refractivity contribution in [3.63, 3.8) is 0 Å². The molecule has 0 aromatic heterocycles. The van der Waals surface area contributed by atoms with Crippen LogP contribution < -0.4 is 14.8 Å². The van der Waals surface area contributed by atoms with Crippen LogP contribution in [0.2, 0.25) is 0 Å². The van der Waals surface area contributed by atoms with Crippen LogP contribution in [-0.4, -0.2) is 75.5 Å². The summed E-state index contributed by atoms with van der Waals surface area (Å²) in [5.74, 6) is 1.30. The van der Waals surface area contributed by atoms with Gasteiger partial charge >= 0.3 is 0 Å². The summed E-state index contributed by atoms with van der Waals surface area (Å²) in [6, 6.07) is 13.0. The Labute approximate surface area is 194 Å². The molecule has 0 radical (unpaired) electrons. The van der Waals surface area contributed by atoms with Gasteiger partial charge in [0.25, 0.3) is 0 Å². The third-order valence-electron chi connectivity index (χ3n) is 6.50. The normalized spacial score (nSPS) is 20.9. The van der Waals surface area contributed by atoms with E-state index in [4.69, 9.17) is 9.47 Å². The summed E-state index contributed by atoms with van der Waals surface area (Å²) in [6.07, 6.45) is 2.83. The number of sulfonamides is 1. The SMILES string of the molecule is O=C(CN1CCN(S(=O)(=O)c2ccc3c(c2)CCC3)CC1)NC[C@H]1COc2ccccc2O1. The van der Waals surface area contributed by atoms with E-state index in [1.165, 1.54) is 9.87 Å². The lowest BCUT2D eigenvalue weighted by Gasteiger charge is -2.33. The molecule has 176 valence electrons. The minimum atomic E-state index is -3.51. The highest BCUT2D eigenvalue weighted by Gasteiger charge is 2.30. The van der Waals surface area contributed by atoms with Gasteiger partial charge in [-0.1, -0.05) is 18.2 Å². The summed E-state index contributed by atoms with van der Waals surface area (Å²) in [7, 11) is -3.51. The highest BCUT2D eigenvalue weighted by atomic mass is 32.2. The van der Waals surface area contributed by atoms with Crippen LogP contribution in [0.25, 0.3) is 0 Å². The predicted molar refractivity (Wildman–Crippen MR) is 123 cm³/mol. The van der Waals surface area contributed by atoms with Gasteiger partial charge in [0.15, 0.2) is 11.5 Å². The summed E-state index contributed by atoms with van der Waals surface area (Å²) in [5.41, 5.74) is 2.42. The zero-order chi connectivity index (χ0) is 22.8. The number of carbonyl (C=O) groups is 1. The molecule has 1 aliphatic carbocycles. The number of aryl methyl sites for hydroxylation is 2. The van der Waals surface area contributed by atoms with E-state index in [0.717, 1.165) is 24.8 Å². The quantitative estimate of drug-likeness (QED) is 0.686. The van der Waals surface area contributed by atoms with E-state index in [9.17, 15) is 13.2 Å². The van der Waals surface area contributed by atoms with Crippen LogP contribution in [0.1, 0.15) is 17.5 Å². The standard InChI is InChI=1S/C24H29N3O5S/c28-24(25-15-20-17-31-22-6-1-2-7-23(22)32-20)16-26-10-12-27(13-11-26)33(29,30)21-9-8-18-4-3-5-19(18)14-21/h1-2,6-9,14,20H,3-5,10-13,15-17H2,(H,25,28)/t20-/m0/s1. The van der Waals surface area contributed by atoms with Crippen molar-refractivity contribution in [1.29, 1.82) is 0 Å². The lowest BCUT2D eigenvalue weighted by Crippen LogP contribution is -2.51. The van der Waals surface area contributed by atoms with Crippen molar-refractivity contribution in [2.24, 2.45) is 0 Å². The van der Waals surface area contributed by atoms with E-state index in [1.54, 1.807) is 6.07 Å². The molecule has 8 nitrogen and oxygen atoms in total. The van der Waals surface area contributed by atoms with Gasteiger partial charge in [0, 0.05) is 26.2 Å². The molecule has 5 rings (SSSR count). The maximum atomic E-state index is 13.1. The fourth-order valence-electron chi connectivity index (χ4n) is 4.64. The molecule has 1 fully saturated rings. The molecular formula is C24H29N3O5S. The van der Waals surface area contributed by atoms with E-state index in [2.05, 4.69) is 5.32 Å². The van der Waals surface area contributed by atoms with Crippen molar-refractivity contribution in [3.05, 3.63) is 53.6 Å². The molecule has 1 atom stereocenters. The van der Waals surface area contributed by atoms with Crippen LogP contribution >= 0.6 is 0 Å². The molecule has 9 heteroatoms. The summed E-state index contributed by atoms with van der Waals surface area (Å²) in [5, 5.41) is 2.90. The third-order valence-corrected chi connectivity index (χ3v) is 8.40. The van der Waals surface area contributed by atoms with Crippen molar-refractivity contribution >= 4 is 15.9 Å². The third kappa shape index (κ3) is 4.85. The van der Waals surface area contributed by atoms with Gasteiger partial charge in [0.05, 0.1) is 18.0 Å². The Morgan fingerprint density at radius 3 is 2.58 bits per heavy atom. The van der Waals surface area contributed by atoms with Gasteiger partial charge in [-0.25, -0.2) is 8.42 Å². The largest absolute Gasteiger partial charge is 0.486 e. The average molecular weight is 472 g/mol. The van der Waals surface area contributed by atoms with Crippen molar-refractivity contribution in [3.8, 4) is 11.5 Å². The molecule has 0 unspecified atom stereocenters. The van der Waals surface area contributed by atoms with E-state index < -0.39 is 10.0 Å². The first-order chi connectivity index (χ1) is 16.0. The Morgan fingerprint density at radius 2 is 1.76 bits per heavy atom. The molecule has 1 amide bonds. The molecule has 0 spiro atoms. The van der Waals surface area contributed by atoms with Crippen molar-refractivity contribution in [2.45, 2.75) is 30.3 Å². The van der Waals surface area contributed by atoms with Crippen LogP contribution in [0.15, 0.2) is 47.4 Å². The van der Waals surface area contributed by atoms with Crippen LogP contribution in [0, 0.1) is 0 Å². The number of nitrogens with one attached hydrogen (secondary N) is 1. The fourth-order valence-corrected chi connectivity index (χ4v) is 6.11. The van der Waals surface area contributed by atoms with Crippen molar-refractivity contribution in [2.75, 3.05) is 45.9 Å². The number of nitrogens with zero attached hydrogens (tertiary/aromatic N) is 2. The van der Waals surface area contributed by atoms with Gasteiger partial charge in [-0.3, -0.25) is 9.69 Å². The van der Waals surface area contributed by atoms with E-state index in [1.807, 2.05) is 41.3 Å². The molecule has 0 saturated carbocycles. The number of piperazine rings is 1. The predicted octanol–water partition coefficient (Wildman–Crippen LogP) is 1.44. The van der Waals surface area contributed by atoms with Crippen molar-refractivity contribution < 1.29 is 22.7 Å². The zero-order valence-electron chi connectivity index (χ0n) is 18.5. The van der Waals surface area contributed by atoms with Crippen LogP contribution in [0.5, 0.6) is 11.5 Å². The lowest BCUT2D eigenvalue weighted by molar-refractivity contribution is -0.123. The van der Waals surface area contributed by atoms with E-state index in [0.29, 0.717) is 55.7 Å². The Balaban J connectivity index is 1.09. The molecular weight excluding hydrogens is 442 g/mol. The van der Waals surface area contributed by atoms with Gasteiger partial charge in [-0.2, -0.15) is 4.31 Å². The molecule has 0 bridgehead atoms. The minimum absolute atomic E-state index is 0.104. The maximum Gasteiger partial charge on any atom is 0.243 e.